The van der Waals surface area contributed by atoms with E-state index in [1.54, 1.807) is 44.2 Å². The Kier molecular flexibility index (Phi) is 9.90. The summed E-state index contributed by atoms with van der Waals surface area (Å²) in [5.41, 5.74) is 3.42. The number of likely N-dealkylation sites (tertiary alicyclic amines) is 1. The smallest absolute Gasteiger partial charge is 0.408 e. The van der Waals surface area contributed by atoms with Crippen LogP contribution < -0.4 is 15.5 Å². The van der Waals surface area contributed by atoms with Gasteiger partial charge in [0.15, 0.2) is 5.92 Å². The van der Waals surface area contributed by atoms with Crippen LogP contribution in [-0.4, -0.2) is 62.9 Å². The van der Waals surface area contributed by atoms with Gasteiger partial charge in [0.1, 0.15) is 18.5 Å². The van der Waals surface area contributed by atoms with E-state index >= 15 is 0 Å². The maximum Gasteiger partial charge on any atom is 0.408 e. The molecule has 2 fully saturated rings. The van der Waals surface area contributed by atoms with Crippen molar-refractivity contribution < 1.29 is 36.6 Å². The Morgan fingerprint density at radius 2 is 1.65 bits per heavy atom. The van der Waals surface area contributed by atoms with Crippen LogP contribution in [0.25, 0.3) is 11.3 Å². The van der Waals surface area contributed by atoms with Gasteiger partial charge in [0, 0.05) is 48.9 Å². The maximum absolute atomic E-state index is 14.1. The highest BCUT2D eigenvalue weighted by Crippen LogP contribution is 2.49. The molecule has 0 spiro atoms. The summed E-state index contributed by atoms with van der Waals surface area (Å²) >= 11 is 0. The highest BCUT2D eigenvalue weighted by Gasteiger charge is 2.61. The quantitative estimate of drug-likeness (QED) is 0.105. The molecule has 266 valence electrons. The molecule has 2 aliphatic rings. The lowest BCUT2D eigenvalue weighted by Crippen LogP contribution is -2.46. The van der Waals surface area contributed by atoms with Crippen LogP contribution in [-0.2, 0) is 21.7 Å². The number of hydrazone groups is 1. The van der Waals surface area contributed by atoms with Gasteiger partial charge >= 0.3 is 12.3 Å². The summed E-state index contributed by atoms with van der Waals surface area (Å²) in [7, 11) is 0. The van der Waals surface area contributed by atoms with Crippen LogP contribution in [0.2, 0.25) is 0 Å². The van der Waals surface area contributed by atoms with Gasteiger partial charge in [-0.1, -0.05) is 30.3 Å². The molecule has 2 aromatic carbocycles. The molecule has 1 unspecified atom stereocenters. The SMILES string of the molecule is C/C(=N\Nc1ncccn1)C(C(=O)N1C[C@@H]2[C@H](C1)[C@H]2Oc1cc(C(C)(C)NC(=O)OCc2ccccc2)cc(-c2ccc(F)cc2)n1)C(F)(F)F. The first kappa shape index (κ1) is 35.2. The summed E-state index contributed by atoms with van der Waals surface area (Å²) in [6.07, 6.45) is -3.12. The predicted molar refractivity (Wildman–Crippen MR) is 179 cm³/mol. The van der Waals surface area contributed by atoms with Crippen molar-refractivity contribution in [3.63, 3.8) is 0 Å². The largest absolute Gasteiger partial charge is 0.474 e. The molecule has 6 rings (SSSR count). The Labute approximate surface area is 291 Å². The molecule has 1 saturated heterocycles. The molecule has 4 atom stereocenters. The number of carbonyl (C=O) groups is 2. The van der Waals surface area contributed by atoms with Crippen LogP contribution in [0.4, 0.5) is 28.3 Å². The number of amides is 2. The summed E-state index contributed by atoms with van der Waals surface area (Å²) in [6.45, 7) is 4.90. The minimum Gasteiger partial charge on any atom is -0.474 e. The monoisotopic (exact) mass is 705 g/mol. The van der Waals surface area contributed by atoms with E-state index in [1.165, 1.54) is 29.4 Å². The molecule has 1 aliphatic carbocycles. The molecule has 0 radical (unpaired) electrons. The molecular weight excluding hydrogens is 670 g/mol. The van der Waals surface area contributed by atoms with Crippen LogP contribution in [0.5, 0.6) is 5.88 Å². The fourth-order valence-electron chi connectivity index (χ4n) is 6.05. The number of aromatic nitrogens is 3. The van der Waals surface area contributed by atoms with Crippen molar-refractivity contribution in [3.8, 4) is 17.1 Å². The summed E-state index contributed by atoms with van der Waals surface area (Å²) in [5, 5.41) is 6.62. The molecule has 51 heavy (non-hydrogen) atoms. The van der Waals surface area contributed by atoms with Crippen LogP contribution in [0.1, 0.15) is 31.9 Å². The van der Waals surface area contributed by atoms with Gasteiger partial charge in [0.25, 0.3) is 0 Å². The van der Waals surface area contributed by atoms with Crippen molar-refractivity contribution in [1.29, 1.82) is 0 Å². The Balaban J connectivity index is 1.15. The molecular formula is C36H35F4N7O4. The molecule has 1 saturated carbocycles. The minimum absolute atomic E-state index is 0.00458. The first-order valence-corrected chi connectivity index (χ1v) is 16.2. The molecule has 15 heteroatoms. The van der Waals surface area contributed by atoms with E-state index in [1.807, 2.05) is 30.3 Å². The number of piperidine rings is 1. The topological polar surface area (TPSA) is 131 Å². The summed E-state index contributed by atoms with van der Waals surface area (Å²) in [5.74, 6) is -4.19. The Bertz CT molecular complexity index is 1880. The zero-order valence-corrected chi connectivity index (χ0v) is 27.9. The number of alkyl halides is 3. The molecule has 2 aromatic heterocycles. The van der Waals surface area contributed by atoms with Crippen LogP contribution >= 0.6 is 0 Å². The summed E-state index contributed by atoms with van der Waals surface area (Å²) in [6, 6.07) is 19.9. The average Bonchev–Trinajstić information content (AvgIpc) is 3.51. The van der Waals surface area contributed by atoms with Crippen LogP contribution in [0.15, 0.2) is 90.3 Å². The second-order valence-corrected chi connectivity index (χ2v) is 13.0. The number of fused-ring (bicyclic) bond motifs is 1. The lowest BCUT2D eigenvalue weighted by molar-refractivity contribution is -0.175. The second-order valence-electron chi connectivity index (χ2n) is 13.0. The fraction of sp³-hybridized carbons (Fsp3) is 0.333. The molecule has 2 amide bonds. The number of nitrogens with zero attached hydrogens (tertiary/aromatic N) is 5. The molecule has 0 bridgehead atoms. The van der Waals surface area contributed by atoms with E-state index in [9.17, 15) is 27.2 Å². The van der Waals surface area contributed by atoms with Gasteiger partial charge in [-0.3, -0.25) is 4.79 Å². The number of halogens is 4. The van der Waals surface area contributed by atoms with E-state index in [4.69, 9.17) is 9.47 Å². The van der Waals surface area contributed by atoms with Crippen LogP contribution in [0, 0.1) is 23.6 Å². The lowest BCUT2D eigenvalue weighted by Gasteiger charge is -2.28. The standard InChI is InChI=1S/C36H35F4N7O4/c1-21(45-46-33-41-14-7-15-42-33)30(36(38,39)40)32(48)47-18-26-27(19-47)31(26)51-29-17-24(16-28(43-29)23-10-12-25(37)13-11-23)35(2,3)44-34(49)50-20-22-8-5-4-6-9-22/h4-17,26-27,30-31H,18-20H2,1-3H3,(H,44,49)(H,41,42,46)/b45-21+/t26-,27+,30?,31+. The molecule has 1 aliphatic heterocycles. The zero-order valence-electron chi connectivity index (χ0n) is 27.9. The van der Waals surface area contributed by atoms with Gasteiger partial charge < -0.3 is 19.7 Å². The minimum atomic E-state index is -4.87. The number of ether oxygens (including phenoxy) is 2. The maximum atomic E-state index is 14.1. The number of alkyl carbamates (subject to hydrolysis) is 1. The third-order valence-corrected chi connectivity index (χ3v) is 8.86. The number of nitrogens with one attached hydrogen (secondary N) is 2. The third-order valence-electron chi connectivity index (χ3n) is 8.86. The summed E-state index contributed by atoms with van der Waals surface area (Å²) < 4.78 is 67.8. The molecule has 3 heterocycles. The number of anilines is 1. The lowest BCUT2D eigenvalue weighted by atomic mass is 9.93. The number of hydrogen-bond acceptors (Lipinski definition) is 9. The van der Waals surface area contributed by atoms with Crippen molar-refractivity contribution in [3.05, 3.63) is 102 Å². The van der Waals surface area contributed by atoms with Gasteiger partial charge in [-0.05, 0) is 68.3 Å². The Morgan fingerprint density at radius 3 is 2.29 bits per heavy atom. The van der Waals surface area contributed by atoms with Crippen molar-refractivity contribution in [2.45, 2.75) is 45.2 Å². The van der Waals surface area contributed by atoms with Crippen molar-refractivity contribution in [2.75, 3.05) is 18.5 Å². The fourth-order valence-corrected chi connectivity index (χ4v) is 6.05. The Morgan fingerprint density at radius 1 is 0.980 bits per heavy atom. The van der Waals surface area contributed by atoms with E-state index in [-0.39, 0.29) is 43.4 Å². The highest BCUT2D eigenvalue weighted by atomic mass is 19.4. The van der Waals surface area contributed by atoms with Gasteiger partial charge in [-0.25, -0.2) is 29.6 Å². The number of hydrogen-bond donors (Lipinski definition) is 2. The average molecular weight is 706 g/mol. The number of carbonyl (C=O) groups excluding carboxylic acids is 2. The predicted octanol–water partition coefficient (Wildman–Crippen LogP) is 6.34. The van der Waals surface area contributed by atoms with E-state index in [2.05, 4.69) is 30.8 Å². The van der Waals surface area contributed by atoms with Crippen molar-refractivity contribution >= 4 is 23.7 Å². The van der Waals surface area contributed by atoms with Gasteiger partial charge in [0.2, 0.25) is 17.7 Å². The van der Waals surface area contributed by atoms with Crippen molar-refractivity contribution in [1.82, 2.24) is 25.2 Å². The molecule has 11 nitrogen and oxygen atoms in total. The van der Waals surface area contributed by atoms with E-state index in [0.29, 0.717) is 16.8 Å². The third kappa shape index (κ3) is 8.41. The number of rotatable bonds is 11. The first-order chi connectivity index (χ1) is 24.3. The second kappa shape index (κ2) is 14.3. The van der Waals surface area contributed by atoms with Gasteiger partial charge in [0.05, 0.1) is 16.9 Å². The van der Waals surface area contributed by atoms with E-state index in [0.717, 1.165) is 12.5 Å². The normalized spacial score (nSPS) is 19.2. The van der Waals surface area contributed by atoms with Crippen LogP contribution in [0.3, 0.4) is 0 Å². The number of benzene rings is 2. The first-order valence-electron chi connectivity index (χ1n) is 16.2. The molecule has 4 aromatic rings. The highest BCUT2D eigenvalue weighted by molar-refractivity contribution is 6.04. The Hall–Kier alpha value is -5.60. The van der Waals surface area contributed by atoms with Crippen molar-refractivity contribution in [2.24, 2.45) is 22.9 Å². The molecule has 2 N–H and O–H groups in total. The number of pyridine rings is 1. The van der Waals surface area contributed by atoms with E-state index < -0.39 is 47.3 Å². The zero-order chi connectivity index (χ0) is 36.3. The van der Waals surface area contributed by atoms with Gasteiger partial charge in [-0.15, -0.1) is 0 Å². The van der Waals surface area contributed by atoms with Gasteiger partial charge in [-0.2, -0.15) is 18.3 Å². The summed E-state index contributed by atoms with van der Waals surface area (Å²) in [4.78, 5) is 39.6.